The largest absolute Gasteiger partial charge is 0.387 e. The van der Waals surface area contributed by atoms with Gasteiger partial charge in [-0.25, -0.2) is 4.39 Å². The third kappa shape index (κ3) is 5.01. The summed E-state index contributed by atoms with van der Waals surface area (Å²) in [4.78, 5) is 4.37. The molecule has 0 aliphatic carbocycles. The van der Waals surface area contributed by atoms with Crippen LogP contribution in [0.2, 0.25) is 0 Å². The van der Waals surface area contributed by atoms with E-state index >= 15 is 0 Å². The monoisotopic (exact) mass is 344 g/mol. The molecule has 0 spiro atoms. The number of aliphatic hydroxyl groups excluding tert-OH is 1. The molecule has 0 amide bonds. The molecule has 1 aliphatic rings. The van der Waals surface area contributed by atoms with Crippen LogP contribution in [-0.4, -0.2) is 49.9 Å². The second-order valence-electron chi connectivity index (χ2n) is 6.53. The summed E-state index contributed by atoms with van der Waals surface area (Å²) in [5.74, 6) is -0.321. The topological polar surface area (TPSA) is 35.9 Å². The van der Waals surface area contributed by atoms with Crippen LogP contribution in [0.3, 0.4) is 0 Å². The lowest BCUT2D eigenvalue weighted by atomic mass is 10.1. The molecule has 2 aromatic rings. The van der Waals surface area contributed by atoms with E-state index in [2.05, 4.69) is 29.2 Å². The Kier molecular flexibility index (Phi) is 6.02. The molecule has 1 atom stereocenters. The number of nitrogens with zero attached hydrogens (tertiary/aromatic N) is 2. The minimum Gasteiger partial charge on any atom is -0.387 e. The minimum absolute atomic E-state index is 0.321. The molecule has 0 aromatic heterocycles. The number of aliphatic hydroxyl groups is 1. The van der Waals surface area contributed by atoms with Gasteiger partial charge in [0.05, 0.1) is 19.3 Å². The number of benzene rings is 2. The SMILES string of the molecule is CN(Cc1ccc(N2CCOCC2)cc1)C[C@@H](O)c1cccc(F)c1. The quantitative estimate of drug-likeness (QED) is 0.874. The average Bonchev–Trinajstić information content (AvgIpc) is 2.63. The van der Waals surface area contributed by atoms with Crippen molar-refractivity contribution < 1.29 is 14.2 Å². The molecule has 0 bridgehead atoms. The summed E-state index contributed by atoms with van der Waals surface area (Å²) in [6.07, 6.45) is -0.701. The number of morpholine rings is 1. The van der Waals surface area contributed by atoms with Gasteiger partial charge in [-0.05, 0) is 42.4 Å². The van der Waals surface area contributed by atoms with Crippen molar-refractivity contribution in [1.82, 2.24) is 4.90 Å². The van der Waals surface area contributed by atoms with Gasteiger partial charge in [0.2, 0.25) is 0 Å². The molecule has 0 radical (unpaired) electrons. The Morgan fingerprint density at radius 1 is 1.16 bits per heavy atom. The maximum Gasteiger partial charge on any atom is 0.123 e. The molecule has 1 saturated heterocycles. The van der Waals surface area contributed by atoms with E-state index in [1.54, 1.807) is 12.1 Å². The van der Waals surface area contributed by atoms with Gasteiger partial charge in [0.15, 0.2) is 0 Å². The molecule has 1 fully saturated rings. The molecule has 5 heteroatoms. The first-order chi connectivity index (χ1) is 12.1. The van der Waals surface area contributed by atoms with Gasteiger partial charge in [-0.3, -0.25) is 4.90 Å². The predicted molar refractivity (Wildman–Crippen MR) is 97.2 cm³/mol. The van der Waals surface area contributed by atoms with E-state index < -0.39 is 6.10 Å². The van der Waals surface area contributed by atoms with Crippen molar-refractivity contribution >= 4 is 5.69 Å². The van der Waals surface area contributed by atoms with E-state index in [1.807, 2.05) is 11.9 Å². The van der Waals surface area contributed by atoms with Gasteiger partial charge in [0.1, 0.15) is 5.82 Å². The van der Waals surface area contributed by atoms with Gasteiger partial charge in [-0.1, -0.05) is 24.3 Å². The van der Waals surface area contributed by atoms with Crippen LogP contribution >= 0.6 is 0 Å². The highest BCUT2D eigenvalue weighted by atomic mass is 19.1. The number of ether oxygens (including phenoxy) is 1. The molecule has 1 heterocycles. The average molecular weight is 344 g/mol. The van der Waals surface area contributed by atoms with Crippen molar-refractivity contribution in [2.45, 2.75) is 12.6 Å². The van der Waals surface area contributed by atoms with Crippen LogP contribution in [-0.2, 0) is 11.3 Å². The third-order valence-electron chi connectivity index (χ3n) is 4.48. The van der Waals surface area contributed by atoms with Gasteiger partial charge in [0.25, 0.3) is 0 Å². The Bertz CT molecular complexity index is 672. The van der Waals surface area contributed by atoms with Crippen molar-refractivity contribution in [1.29, 1.82) is 0 Å². The molecule has 134 valence electrons. The van der Waals surface area contributed by atoms with Gasteiger partial charge in [-0.2, -0.15) is 0 Å². The summed E-state index contributed by atoms with van der Waals surface area (Å²) in [6.45, 7) is 4.60. The normalized spacial score (nSPS) is 16.2. The van der Waals surface area contributed by atoms with Gasteiger partial charge in [-0.15, -0.1) is 0 Å². The summed E-state index contributed by atoms with van der Waals surface area (Å²) >= 11 is 0. The zero-order valence-electron chi connectivity index (χ0n) is 14.6. The second kappa shape index (κ2) is 8.43. The van der Waals surface area contributed by atoms with Crippen molar-refractivity contribution in [3.05, 3.63) is 65.5 Å². The lowest BCUT2D eigenvalue weighted by Gasteiger charge is -2.29. The highest BCUT2D eigenvalue weighted by Gasteiger charge is 2.13. The van der Waals surface area contributed by atoms with E-state index in [-0.39, 0.29) is 5.82 Å². The molecular formula is C20H25FN2O2. The number of hydrogen-bond acceptors (Lipinski definition) is 4. The van der Waals surface area contributed by atoms with E-state index in [9.17, 15) is 9.50 Å². The van der Waals surface area contributed by atoms with Crippen molar-refractivity contribution in [3.63, 3.8) is 0 Å². The standard InChI is InChI=1S/C20H25FN2O2/c1-22(15-20(24)17-3-2-4-18(21)13-17)14-16-5-7-19(8-6-16)23-9-11-25-12-10-23/h2-8,13,20,24H,9-12,14-15H2,1H3/t20-/m1/s1. The van der Waals surface area contributed by atoms with Gasteiger partial charge >= 0.3 is 0 Å². The van der Waals surface area contributed by atoms with Gasteiger partial charge in [0, 0.05) is 31.9 Å². The van der Waals surface area contributed by atoms with Crippen molar-refractivity contribution in [2.75, 3.05) is 44.8 Å². The van der Waals surface area contributed by atoms with Crippen LogP contribution in [0.25, 0.3) is 0 Å². The fourth-order valence-corrected chi connectivity index (χ4v) is 3.12. The van der Waals surface area contributed by atoms with Crippen LogP contribution in [0.15, 0.2) is 48.5 Å². The summed E-state index contributed by atoms with van der Waals surface area (Å²) in [6, 6.07) is 14.7. The van der Waals surface area contributed by atoms with Crippen LogP contribution in [0, 0.1) is 5.82 Å². The molecular weight excluding hydrogens is 319 g/mol. The lowest BCUT2D eigenvalue weighted by Crippen LogP contribution is -2.36. The fraction of sp³-hybridized carbons (Fsp3) is 0.400. The number of hydrogen-bond donors (Lipinski definition) is 1. The fourth-order valence-electron chi connectivity index (χ4n) is 3.12. The Hall–Kier alpha value is -1.95. The molecule has 1 N–H and O–H groups in total. The van der Waals surface area contributed by atoms with E-state index in [0.29, 0.717) is 12.1 Å². The number of rotatable bonds is 6. The Morgan fingerprint density at radius 3 is 2.56 bits per heavy atom. The van der Waals surface area contributed by atoms with Crippen molar-refractivity contribution in [3.8, 4) is 0 Å². The molecule has 3 rings (SSSR count). The number of anilines is 1. The highest BCUT2D eigenvalue weighted by molar-refractivity contribution is 5.47. The Labute approximate surface area is 148 Å². The van der Waals surface area contributed by atoms with Crippen LogP contribution < -0.4 is 4.90 Å². The second-order valence-corrected chi connectivity index (χ2v) is 6.53. The molecule has 4 nitrogen and oxygen atoms in total. The third-order valence-corrected chi connectivity index (χ3v) is 4.48. The summed E-state index contributed by atoms with van der Waals surface area (Å²) in [5.41, 5.74) is 3.01. The molecule has 1 aliphatic heterocycles. The summed E-state index contributed by atoms with van der Waals surface area (Å²) in [5, 5.41) is 10.3. The minimum atomic E-state index is -0.701. The smallest absolute Gasteiger partial charge is 0.123 e. The first-order valence-electron chi connectivity index (χ1n) is 8.65. The Morgan fingerprint density at radius 2 is 1.88 bits per heavy atom. The van der Waals surface area contributed by atoms with Crippen LogP contribution in [0.5, 0.6) is 0 Å². The highest BCUT2D eigenvalue weighted by Crippen LogP contribution is 2.19. The van der Waals surface area contributed by atoms with Crippen molar-refractivity contribution in [2.24, 2.45) is 0 Å². The van der Waals surface area contributed by atoms with Crippen LogP contribution in [0.4, 0.5) is 10.1 Å². The number of halogens is 1. The predicted octanol–water partition coefficient (Wildman–Crippen LogP) is 2.83. The summed E-state index contributed by atoms with van der Waals surface area (Å²) in [7, 11) is 1.96. The lowest BCUT2D eigenvalue weighted by molar-refractivity contribution is 0.122. The number of likely N-dealkylation sites (N-methyl/N-ethyl adjacent to an activating group) is 1. The molecule has 25 heavy (non-hydrogen) atoms. The maximum absolute atomic E-state index is 13.3. The van der Waals surface area contributed by atoms with E-state index in [4.69, 9.17) is 4.74 Å². The van der Waals surface area contributed by atoms with E-state index in [0.717, 1.165) is 32.8 Å². The molecule has 2 aromatic carbocycles. The Balaban J connectivity index is 1.54. The first-order valence-corrected chi connectivity index (χ1v) is 8.65. The summed E-state index contributed by atoms with van der Waals surface area (Å²) < 4.78 is 18.6. The van der Waals surface area contributed by atoms with Crippen LogP contribution in [0.1, 0.15) is 17.2 Å². The zero-order chi connectivity index (χ0) is 17.6. The van der Waals surface area contributed by atoms with Gasteiger partial charge < -0.3 is 14.7 Å². The molecule has 0 saturated carbocycles. The van der Waals surface area contributed by atoms with E-state index in [1.165, 1.54) is 23.4 Å². The first kappa shape index (κ1) is 17.9. The zero-order valence-corrected chi connectivity index (χ0v) is 14.6. The molecule has 0 unspecified atom stereocenters. The maximum atomic E-state index is 13.3.